The van der Waals surface area contributed by atoms with E-state index in [1.807, 2.05) is 6.07 Å². The molecule has 1 atom stereocenters. The number of ether oxygens (including phenoxy) is 1. The van der Waals surface area contributed by atoms with Gasteiger partial charge in [-0.3, -0.25) is 0 Å². The highest BCUT2D eigenvalue weighted by Crippen LogP contribution is 2.18. The number of hydrogen-bond acceptors (Lipinski definition) is 4. The number of hydrogen-bond donors (Lipinski definition) is 1. The summed E-state index contributed by atoms with van der Waals surface area (Å²) in [7, 11) is -1.87. The normalized spacial score (nSPS) is 12.7. The molecule has 1 N–H and O–H groups in total. The fraction of sp³-hybridized carbons (Fsp3) is 0.417. The van der Waals surface area contributed by atoms with Gasteiger partial charge in [-0.15, -0.1) is 0 Å². The molecule has 0 heterocycles. The van der Waals surface area contributed by atoms with Crippen molar-refractivity contribution in [3.63, 3.8) is 0 Å². The van der Waals surface area contributed by atoms with Crippen LogP contribution in [0.1, 0.15) is 24.9 Å². The fourth-order valence-electron chi connectivity index (χ4n) is 1.47. The van der Waals surface area contributed by atoms with E-state index in [1.165, 1.54) is 0 Å². The predicted molar refractivity (Wildman–Crippen MR) is 68.6 cm³/mol. The first-order chi connectivity index (χ1) is 8.52. The standard InChI is InChI=1S/C12H16N2O3S/c1-3-8-18(15,16)14-12(9-13)10-4-6-11(17-2)7-5-10/h4-7,12,14H,3,8H2,1-2H3. The SMILES string of the molecule is CCCS(=O)(=O)NC(C#N)c1ccc(OC)cc1. The fourth-order valence-corrected chi connectivity index (χ4v) is 2.68. The van der Waals surface area contributed by atoms with Crippen LogP contribution in [0.3, 0.4) is 0 Å². The second-order valence-corrected chi connectivity index (χ2v) is 5.65. The van der Waals surface area contributed by atoms with Crippen molar-refractivity contribution in [3.8, 4) is 11.8 Å². The van der Waals surface area contributed by atoms with Crippen LogP contribution in [0.4, 0.5) is 0 Å². The monoisotopic (exact) mass is 268 g/mol. The molecule has 0 radical (unpaired) electrons. The van der Waals surface area contributed by atoms with E-state index >= 15 is 0 Å². The molecule has 0 spiro atoms. The molecule has 1 aromatic carbocycles. The minimum Gasteiger partial charge on any atom is -0.497 e. The third-order valence-electron chi connectivity index (χ3n) is 2.35. The molecular formula is C12H16N2O3S. The average molecular weight is 268 g/mol. The lowest BCUT2D eigenvalue weighted by Crippen LogP contribution is -2.29. The predicted octanol–water partition coefficient (Wildman–Crippen LogP) is 1.59. The maximum atomic E-state index is 11.6. The van der Waals surface area contributed by atoms with Gasteiger partial charge < -0.3 is 4.74 Å². The Labute approximate surface area is 107 Å². The smallest absolute Gasteiger partial charge is 0.213 e. The molecule has 18 heavy (non-hydrogen) atoms. The van der Waals surface area contributed by atoms with Crippen LogP contribution < -0.4 is 9.46 Å². The quantitative estimate of drug-likeness (QED) is 0.849. The van der Waals surface area contributed by atoms with Crippen molar-refractivity contribution >= 4 is 10.0 Å². The van der Waals surface area contributed by atoms with Crippen LogP contribution in [0.15, 0.2) is 24.3 Å². The Kier molecular flexibility index (Phi) is 5.13. The Morgan fingerprint density at radius 2 is 2.00 bits per heavy atom. The van der Waals surface area contributed by atoms with Crippen LogP contribution in [0.5, 0.6) is 5.75 Å². The van der Waals surface area contributed by atoms with Crippen molar-refractivity contribution in [2.45, 2.75) is 19.4 Å². The van der Waals surface area contributed by atoms with Gasteiger partial charge in [-0.25, -0.2) is 8.42 Å². The van der Waals surface area contributed by atoms with Crippen LogP contribution in [0.25, 0.3) is 0 Å². The molecule has 0 amide bonds. The second kappa shape index (κ2) is 6.38. The van der Waals surface area contributed by atoms with Crippen LogP contribution in [-0.4, -0.2) is 21.3 Å². The zero-order valence-corrected chi connectivity index (χ0v) is 11.2. The number of nitriles is 1. The number of benzene rings is 1. The summed E-state index contributed by atoms with van der Waals surface area (Å²) >= 11 is 0. The Bertz CT molecular complexity index is 517. The van der Waals surface area contributed by atoms with Crippen LogP contribution in [0.2, 0.25) is 0 Å². The van der Waals surface area contributed by atoms with Crippen molar-refractivity contribution in [2.75, 3.05) is 12.9 Å². The lowest BCUT2D eigenvalue weighted by molar-refractivity contribution is 0.414. The lowest BCUT2D eigenvalue weighted by Gasteiger charge is -2.12. The third-order valence-corrected chi connectivity index (χ3v) is 3.89. The molecule has 0 aliphatic rings. The van der Waals surface area contributed by atoms with Crippen molar-refractivity contribution in [1.29, 1.82) is 5.26 Å². The summed E-state index contributed by atoms with van der Waals surface area (Å²) in [6, 6.07) is 7.78. The summed E-state index contributed by atoms with van der Waals surface area (Å²) < 4.78 is 30.6. The van der Waals surface area contributed by atoms with Crippen molar-refractivity contribution in [1.82, 2.24) is 4.72 Å². The van der Waals surface area contributed by atoms with Gasteiger partial charge in [0.15, 0.2) is 0 Å². The van der Waals surface area contributed by atoms with Crippen molar-refractivity contribution < 1.29 is 13.2 Å². The molecule has 1 rings (SSSR count). The summed E-state index contributed by atoms with van der Waals surface area (Å²) in [5.41, 5.74) is 0.595. The summed E-state index contributed by atoms with van der Waals surface area (Å²) in [5.74, 6) is 0.674. The van der Waals surface area contributed by atoms with Crippen LogP contribution in [0, 0.1) is 11.3 Å². The van der Waals surface area contributed by atoms with Gasteiger partial charge in [-0.2, -0.15) is 9.98 Å². The number of nitrogens with zero attached hydrogens (tertiary/aromatic N) is 1. The Morgan fingerprint density at radius 3 is 2.44 bits per heavy atom. The van der Waals surface area contributed by atoms with Crippen molar-refractivity contribution in [2.24, 2.45) is 0 Å². The lowest BCUT2D eigenvalue weighted by atomic mass is 10.1. The number of sulfonamides is 1. The Morgan fingerprint density at radius 1 is 1.39 bits per heavy atom. The van der Waals surface area contributed by atoms with E-state index in [4.69, 9.17) is 10.00 Å². The molecule has 0 saturated carbocycles. The van der Waals surface area contributed by atoms with E-state index in [-0.39, 0.29) is 5.75 Å². The highest BCUT2D eigenvalue weighted by molar-refractivity contribution is 7.89. The maximum Gasteiger partial charge on any atom is 0.213 e. The zero-order chi connectivity index (χ0) is 13.6. The highest BCUT2D eigenvalue weighted by atomic mass is 32.2. The van der Waals surface area contributed by atoms with E-state index < -0.39 is 16.1 Å². The number of nitrogens with one attached hydrogen (secondary N) is 1. The molecule has 98 valence electrons. The summed E-state index contributed by atoms with van der Waals surface area (Å²) in [4.78, 5) is 0. The van der Waals surface area contributed by atoms with Gasteiger partial charge in [0, 0.05) is 0 Å². The van der Waals surface area contributed by atoms with Crippen LogP contribution in [-0.2, 0) is 10.0 Å². The van der Waals surface area contributed by atoms with E-state index in [0.29, 0.717) is 17.7 Å². The zero-order valence-electron chi connectivity index (χ0n) is 10.4. The molecule has 0 bridgehead atoms. The summed E-state index contributed by atoms with van der Waals surface area (Å²) in [5, 5.41) is 9.03. The van der Waals surface area contributed by atoms with E-state index in [0.717, 1.165) is 0 Å². The Balaban J connectivity index is 2.87. The molecule has 0 aliphatic heterocycles. The van der Waals surface area contributed by atoms with Gasteiger partial charge in [0.1, 0.15) is 11.8 Å². The first-order valence-corrected chi connectivity index (χ1v) is 7.21. The minimum atomic E-state index is -3.41. The largest absolute Gasteiger partial charge is 0.497 e. The number of methoxy groups -OCH3 is 1. The van der Waals surface area contributed by atoms with Gasteiger partial charge >= 0.3 is 0 Å². The van der Waals surface area contributed by atoms with Crippen LogP contribution >= 0.6 is 0 Å². The van der Waals surface area contributed by atoms with Gasteiger partial charge in [-0.1, -0.05) is 19.1 Å². The second-order valence-electron chi connectivity index (χ2n) is 3.77. The van der Waals surface area contributed by atoms with E-state index in [9.17, 15) is 8.42 Å². The molecule has 0 fully saturated rings. The third kappa shape index (κ3) is 4.02. The minimum absolute atomic E-state index is 0.0152. The van der Waals surface area contributed by atoms with Gasteiger partial charge in [0.05, 0.1) is 18.9 Å². The molecule has 6 heteroatoms. The molecular weight excluding hydrogens is 252 g/mol. The topological polar surface area (TPSA) is 79.2 Å². The first-order valence-electron chi connectivity index (χ1n) is 5.56. The van der Waals surface area contributed by atoms with Gasteiger partial charge in [0.2, 0.25) is 10.0 Å². The highest BCUT2D eigenvalue weighted by Gasteiger charge is 2.18. The van der Waals surface area contributed by atoms with Gasteiger partial charge in [0.25, 0.3) is 0 Å². The molecule has 0 aromatic heterocycles. The summed E-state index contributed by atoms with van der Waals surface area (Å²) in [6.45, 7) is 1.77. The molecule has 0 saturated heterocycles. The maximum absolute atomic E-state index is 11.6. The van der Waals surface area contributed by atoms with Gasteiger partial charge in [-0.05, 0) is 24.1 Å². The van der Waals surface area contributed by atoms with Crippen molar-refractivity contribution in [3.05, 3.63) is 29.8 Å². The number of rotatable bonds is 6. The molecule has 5 nitrogen and oxygen atoms in total. The van der Waals surface area contributed by atoms with E-state index in [1.54, 1.807) is 38.3 Å². The van der Waals surface area contributed by atoms with E-state index in [2.05, 4.69) is 4.72 Å². The molecule has 1 aromatic rings. The average Bonchev–Trinajstić information content (AvgIpc) is 2.36. The summed E-state index contributed by atoms with van der Waals surface area (Å²) in [6.07, 6.45) is 0.510. The molecule has 1 unspecified atom stereocenters. The molecule has 0 aliphatic carbocycles. The first kappa shape index (κ1) is 14.5. The Hall–Kier alpha value is -1.58.